The van der Waals surface area contributed by atoms with Gasteiger partial charge in [0.05, 0.1) is 8.66 Å². The van der Waals surface area contributed by atoms with Gasteiger partial charge in [0, 0.05) is 10.6 Å². The molecule has 2 rings (SSSR count). The maximum absolute atomic E-state index is 11.8. The number of amides is 1. The van der Waals surface area contributed by atoms with Crippen LogP contribution >= 0.6 is 38.9 Å². The number of ether oxygens (including phenoxy) is 1. The Morgan fingerprint density at radius 1 is 1.13 bits per heavy atom. The van der Waals surface area contributed by atoms with E-state index >= 15 is 0 Å². The SMILES string of the molecule is O=C(CNC(=O)c1ccc(Cl)cc1)OCC(=O)c1ccc(Br)s1. The monoisotopic (exact) mass is 415 g/mol. The molecule has 0 aliphatic heterocycles. The number of hydrogen-bond acceptors (Lipinski definition) is 5. The van der Waals surface area contributed by atoms with Crippen LogP contribution in [-0.4, -0.2) is 30.8 Å². The second kappa shape index (κ2) is 8.24. The lowest BCUT2D eigenvalue weighted by Crippen LogP contribution is -2.31. The van der Waals surface area contributed by atoms with Gasteiger partial charge in [0.1, 0.15) is 6.54 Å². The molecule has 2 aromatic rings. The lowest BCUT2D eigenvalue weighted by atomic mass is 10.2. The maximum Gasteiger partial charge on any atom is 0.325 e. The topological polar surface area (TPSA) is 72.5 Å². The summed E-state index contributed by atoms with van der Waals surface area (Å²) in [6.45, 7) is -0.675. The number of thiophene rings is 1. The standard InChI is InChI=1S/C15H11BrClNO4S/c16-13-6-5-12(23-13)11(19)8-22-14(20)7-18-15(21)9-1-3-10(17)4-2-9/h1-6H,7-8H2,(H,18,21). The molecule has 120 valence electrons. The molecular weight excluding hydrogens is 406 g/mol. The number of esters is 1. The second-order valence-electron chi connectivity index (χ2n) is 4.38. The Morgan fingerprint density at radius 2 is 1.83 bits per heavy atom. The molecule has 0 saturated carbocycles. The summed E-state index contributed by atoms with van der Waals surface area (Å²) in [5.74, 6) is -1.40. The van der Waals surface area contributed by atoms with Crippen LogP contribution in [0.1, 0.15) is 20.0 Å². The summed E-state index contributed by atoms with van der Waals surface area (Å²) in [6, 6.07) is 9.63. The fraction of sp³-hybridized carbons (Fsp3) is 0.133. The van der Waals surface area contributed by atoms with Crippen LogP contribution in [-0.2, 0) is 9.53 Å². The first-order chi connectivity index (χ1) is 11.0. The minimum Gasteiger partial charge on any atom is -0.456 e. The van der Waals surface area contributed by atoms with E-state index in [1.807, 2.05) is 0 Å². The van der Waals surface area contributed by atoms with Gasteiger partial charge in [-0.3, -0.25) is 14.4 Å². The zero-order chi connectivity index (χ0) is 16.8. The summed E-state index contributed by atoms with van der Waals surface area (Å²) >= 11 is 10.2. The maximum atomic E-state index is 11.8. The first kappa shape index (κ1) is 17.7. The minimum absolute atomic E-state index is 0.293. The Labute approximate surface area is 149 Å². The molecule has 1 aromatic carbocycles. The van der Waals surface area contributed by atoms with E-state index in [-0.39, 0.29) is 18.9 Å². The van der Waals surface area contributed by atoms with E-state index in [2.05, 4.69) is 21.2 Å². The normalized spacial score (nSPS) is 10.2. The molecule has 0 atom stereocenters. The summed E-state index contributed by atoms with van der Waals surface area (Å²) < 4.78 is 5.66. The van der Waals surface area contributed by atoms with Gasteiger partial charge in [-0.1, -0.05) is 11.6 Å². The van der Waals surface area contributed by atoms with Gasteiger partial charge in [0.15, 0.2) is 6.61 Å². The van der Waals surface area contributed by atoms with Crippen LogP contribution in [0.5, 0.6) is 0 Å². The lowest BCUT2D eigenvalue weighted by Gasteiger charge is -2.06. The quantitative estimate of drug-likeness (QED) is 0.579. The summed E-state index contributed by atoms with van der Waals surface area (Å²) in [5.41, 5.74) is 0.377. The van der Waals surface area contributed by atoms with E-state index in [1.54, 1.807) is 36.4 Å². The average molecular weight is 417 g/mol. The van der Waals surface area contributed by atoms with Crippen molar-refractivity contribution in [3.8, 4) is 0 Å². The molecule has 1 N–H and O–H groups in total. The molecule has 5 nitrogen and oxygen atoms in total. The molecule has 0 fully saturated rings. The third-order valence-corrected chi connectivity index (χ3v) is 4.63. The van der Waals surface area contributed by atoms with Crippen LogP contribution in [0.15, 0.2) is 40.2 Å². The van der Waals surface area contributed by atoms with Crippen molar-refractivity contribution in [1.82, 2.24) is 5.32 Å². The molecule has 23 heavy (non-hydrogen) atoms. The zero-order valence-electron chi connectivity index (χ0n) is 11.7. The zero-order valence-corrected chi connectivity index (χ0v) is 14.8. The lowest BCUT2D eigenvalue weighted by molar-refractivity contribution is -0.141. The summed E-state index contributed by atoms with van der Waals surface area (Å²) in [6.07, 6.45) is 0. The highest BCUT2D eigenvalue weighted by atomic mass is 79.9. The number of nitrogens with one attached hydrogen (secondary N) is 1. The number of carbonyl (C=O) groups excluding carboxylic acids is 3. The number of hydrogen-bond donors (Lipinski definition) is 1. The predicted molar refractivity (Wildman–Crippen MR) is 91.1 cm³/mol. The van der Waals surface area contributed by atoms with E-state index in [1.165, 1.54) is 11.3 Å². The van der Waals surface area contributed by atoms with E-state index in [0.717, 1.165) is 3.79 Å². The van der Waals surface area contributed by atoms with E-state index in [9.17, 15) is 14.4 Å². The van der Waals surface area contributed by atoms with Crippen LogP contribution in [0.4, 0.5) is 0 Å². The largest absolute Gasteiger partial charge is 0.456 e. The molecule has 0 aliphatic rings. The van der Waals surface area contributed by atoms with Crippen LogP contribution in [0, 0.1) is 0 Å². The molecule has 8 heteroatoms. The van der Waals surface area contributed by atoms with Gasteiger partial charge in [-0.25, -0.2) is 0 Å². The molecular formula is C15H11BrClNO4S. The number of benzene rings is 1. The Hall–Kier alpha value is -1.70. The van der Waals surface area contributed by atoms with Crippen molar-refractivity contribution >= 4 is 56.5 Å². The van der Waals surface area contributed by atoms with Crippen LogP contribution in [0.3, 0.4) is 0 Å². The summed E-state index contributed by atoms with van der Waals surface area (Å²) in [4.78, 5) is 35.6. The van der Waals surface area contributed by atoms with Crippen LogP contribution < -0.4 is 5.32 Å². The minimum atomic E-state index is -0.684. The number of ketones is 1. The number of halogens is 2. The Bertz CT molecular complexity index is 729. The molecule has 0 unspecified atom stereocenters. The number of rotatable bonds is 6. The van der Waals surface area contributed by atoms with Crippen molar-refractivity contribution in [2.45, 2.75) is 0 Å². The third kappa shape index (κ3) is 5.46. The Morgan fingerprint density at radius 3 is 2.43 bits per heavy atom. The predicted octanol–water partition coefficient (Wildman–Crippen LogP) is 3.32. The molecule has 1 amide bonds. The highest BCUT2D eigenvalue weighted by Gasteiger charge is 2.13. The van der Waals surface area contributed by atoms with Gasteiger partial charge < -0.3 is 10.1 Å². The molecule has 1 heterocycles. The van der Waals surface area contributed by atoms with Gasteiger partial charge >= 0.3 is 5.97 Å². The van der Waals surface area contributed by atoms with E-state index in [4.69, 9.17) is 16.3 Å². The Kier molecular flexibility index (Phi) is 6.32. The Balaban J connectivity index is 1.75. The van der Waals surface area contributed by atoms with Crippen molar-refractivity contribution in [1.29, 1.82) is 0 Å². The van der Waals surface area contributed by atoms with Gasteiger partial charge in [-0.05, 0) is 52.3 Å². The van der Waals surface area contributed by atoms with Crippen LogP contribution in [0.25, 0.3) is 0 Å². The summed E-state index contributed by atoms with van der Waals surface area (Å²) in [7, 11) is 0. The third-order valence-electron chi connectivity index (χ3n) is 2.71. The van der Waals surface area contributed by atoms with Crippen molar-refractivity contribution < 1.29 is 19.1 Å². The average Bonchev–Trinajstić information content (AvgIpc) is 2.97. The smallest absolute Gasteiger partial charge is 0.325 e. The van der Waals surface area contributed by atoms with Gasteiger partial charge in [-0.2, -0.15) is 0 Å². The fourth-order valence-corrected chi connectivity index (χ4v) is 3.02. The van der Waals surface area contributed by atoms with Gasteiger partial charge in [0.25, 0.3) is 5.91 Å². The molecule has 0 bridgehead atoms. The molecule has 0 saturated heterocycles. The van der Waals surface area contributed by atoms with Crippen molar-refractivity contribution in [2.24, 2.45) is 0 Å². The first-order valence-electron chi connectivity index (χ1n) is 6.43. The van der Waals surface area contributed by atoms with E-state index < -0.39 is 11.9 Å². The molecule has 0 spiro atoms. The van der Waals surface area contributed by atoms with Gasteiger partial charge in [-0.15, -0.1) is 11.3 Å². The van der Waals surface area contributed by atoms with Crippen molar-refractivity contribution in [3.63, 3.8) is 0 Å². The molecule has 1 aromatic heterocycles. The van der Waals surface area contributed by atoms with Gasteiger partial charge in [0.2, 0.25) is 5.78 Å². The fourth-order valence-electron chi connectivity index (χ4n) is 1.59. The van der Waals surface area contributed by atoms with Crippen molar-refractivity contribution in [3.05, 3.63) is 55.6 Å². The molecule has 0 radical (unpaired) electrons. The van der Waals surface area contributed by atoms with Crippen molar-refractivity contribution in [2.75, 3.05) is 13.2 Å². The highest BCUT2D eigenvalue weighted by molar-refractivity contribution is 9.11. The molecule has 0 aliphatic carbocycles. The van der Waals surface area contributed by atoms with E-state index in [0.29, 0.717) is 15.5 Å². The highest BCUT2D eigenvalue weighted by Crippen LogP contribution is 2.22. The first-order valence-corrected chi connectivity index (χ1v) is 8.42. The number of carbonyl (C=O) groups is 3. The van der Waals surface area contributed by atoms with Crippen LogP contribution in [0.2, 0.25) is 5.02 Å². The summed E-state index contributed by atoms with van der Waals surface area (Å²) in [5, 5.41) is 2.93. The number of Topliss-reactive ketones (excluding diaryl/α,β-unsaturated/α-hetero) is 1. The second-order valence-corrected chi connectivity index (χ2v) is 7.28.